The fourth-order valence-corrected chi connectivity index (χ4v) is 8.03. The number of carboxylic acid groups (broad SMARTS) is 1. The molecular formula is C27H29N3NaO8S2. The number of nitrogens with zero attached hydrogens (tertiary/aromatic N) is 3. The van der Waals surface area contributed by atoms with Gasteiger partial charge in [-0.3, -0.25) is 9.19 Å². The van der Waals surface area contributed by atoms with Gasteiger partial charge in [-0.15, -0.1) is 0 Å². The van der Waals surface area contributed by atoms with Crippen molar-refractivity contribution >= 4 is 67.4 Å². The first-order valence-corrected chi connectivity index (χ1v) is 14.8. The van der Waals surface area contributed by atoms with Gasteiger partial charge in [-0.05, 0) is 63.1 Å². The van der Waals surface area contributed by atoms with Crippen molar-refractivity contribution in [2.45, 2.75) is 43.5 Å². The summed E-state index contributed by atoms with van der Waals surface area (Å²) in [5.41, 5.74) is 3.17. The van der Waals surface area contributed by atoms with E-state index in [4.69, 9.17) is 19.3 Å². The van der Waals surface area contributed by atoms with Gasteiger partial charge >= 0.3 is 5.97 Å². The predicted molar refractivity (Wildman–Crippen MR) is 154 cm³/mol. The van der Waals surface area contributed by atoms with E-state index in [-0.39, 0.29) is 62.1 Å². The van der Waals surface area contributed by atoms with Gasteiger partial charge in [0.05, 0.1) is 52.4 Å². The van der Waals surface area contributed by atoms with E-state index in [1.54, 1.807) is 45.2 Å². The Balaban J connectivity index is 0.00000462. The number of carbonyl (C=O) groups is 1. The minimum absolute atomic E-state index is 0. The number of benzene rings is 2. The number of aliphatic carboxylic acids is 1. The Hall–Kier alpha value is -2.97. The summed E-state index contributed by atoms with van der Waals surface area (Å²) in [6, 6.07) is 7.62. The zero-order chi connectivity index (χ0) is 29.4. The van der Waals surface area contributed by atoms with Crippen LogP contribution in [0, 0.1) is 27.7 Å². The van der Waals surface area contributed by atoms with Gasteiger partial charge in [0.15, 0.2) is 6.61 Å². The van der Waals surface area contributed by atoms with E-state index >= 15 is 0 Å². The molecule has 0 saturated carbocycles. The number of rotatable bonds is 10. The van der Waals surface area contributed by atoms with Crippen molar-refractivity contribution in [1.82, 2.24) is 13.9 Å². The molecule has 0 bridgehead atoms. The third kappa shape index (κ3) is 6.44. The monoisotopic (exact) mass is 610 g/mol. The number of carboxylic acids is 1. The molecule has 0 spiro atoms. The average Bonchev–Trinajstić information content (AvgIpc) is 3.28. The minimum Gasteiger partial charge on any atom is -0.497 e. The Morgan fingerprint density at radius 1 is 1.00 bits per heavy atom. The topological polar surface area (TPSA) is 147 Å². The molecule has 1 radical (unpaired) electrons. The first kappa shape index (κ1) is 32.5. The molecule has 41 heavy (non-hydrogen) atoms. The smallest absolute Gasteiger partial charge is 0.341 e. The Morgan fingerprint density at radius 3 is 2.24 bits per heavy atom. The predicted octanol–water partition coefficient (Wildman–Crippen LogP) is 3.31. The van der Waals surface area contributed by atoms with Crippen LogP contribution < -0.4 is 14.2 Å². The summed E-state index contributed by atoms with van der Waals surface area (Å²) in [6.07, 6.45) is 1.61. The van der Waals surface area contributed by atoms with Crippen LogP contribution in [0.25, 0.3) is 11.0 Å². The standard InChI is InChI=1S/C27H29N3O8S2.Na/c1-15-9-20(38-13-24(31)32)10-16(2)26(15)40(34,35)30-23-8-7-19(36-5)11-21(23)29-27(30)39(33)14-22-18(4)25(37-6)17(3)12-28-22;/h7-12H,13-14H2,1-6H3,(H,31,32);. The summed E-state index contributed by atoms with van der Waals surface area (Å²) in [6.45, 7) is 6.24. The van der Waals surface area contributed by atoms with Gasteiger partial charge in [0, 0.05) is 52.9 Å². The maximum absolute atomic E-state index is 14.3. The van der Waals surface area contributed by atoms with Crippen LogP contribution in [0.5, 0.6) is 17.2 Å². The van der Waals surface area contributed by atoms with Crippen LogP contribution >= 0.6 is 0 Å². The molecule has 0 saturated heterocycles. The Kier molecular flexibility index (Phi) is 10.2. The molecule has 1 unspecified atom stereocenters. The molecular weight excluding hydrogens is 581 g/mol. The van der Waals surface area contributed by atoms with Crippen LogP contribution in [-0.2, 0) is 31.4 Å². The normalized spacial score (nSPS) is 12.0. The Labute approximate surface area is 262 Å². The fourth-order valence-electron chi connectivity index (χ4n) is 4.56. The SMILES string of the molecule is COc1ccc2c(c1)nc(S(=O)Cc1ncc(C)c(OC)c1C)n2S(=O)(=O)c1c(C)cc(OCC(=O)O)cc1C.[Na]. The van der Waals surface area contributed by atoms with E-state index in [2.05, 4.69) is 9.97 Å². The molecule has 2 aromatic carbocycles. The van der Waals surface area contributed by atoms with E-state index in [1.165, 1.54) is 26.4 Å². The molecule has 0 aliphatic carbocycles. The van der Waals surface area contributed by atoms with Crippen molar-refractivity contribution in [2.75, 3.05) is 20.8 Å². The van der Waals surface area contributed by atoms with Crippen molar-refractivity contribution in [3.63, 3.8) is 0 Å². The number of ether oxygens (including phenoxy) is 3. The molecule has 0 amide bonds. The van der Waals surface area contributed by atoms with Crippen LogP contribution in [0.4, 0.5) is 0 Å². The van der Waals surface area contributed by atoms with Gasteiger partial charge < -0.3 is 19.3 Å². The van der Waals surface area contributed by atoms with Gasteiger partial charge in [0.1, 0.15) is 17.2 Å². The summed E-state index contributed by atoms with van der Waals surface area (Å²) >= 11 is 0. The number of aryl methyl sites for hydroxylation is 3. The summed E-state index contributed by atoms with van der Waals surface area (Å²) < 4.78 is 59.3. The number of imidazole rings is 1. The van der Waals surface area contributed by atoms with Crippen molar-refractivity contribution in [3.05, 3.63) is 64.5 Å². The first-order valence-electron chi connectivity index (χ1n) is 12.0. The Morgan fingerprint density at radius 2 is 1.66 bits per heavy atom. The van der Waals surface area contributed by atoms with Gasteiger partial charge in [-0.2, -0.15) is 0 Å². The second-order valence-electron chi connectivity index (χ2n) is 9.12. The summed E-state index contributed by atoms with van der Waals surface area (Å²) in [4.78, 5) is 19.8. The van der Waals surface area contributed by atoms with Gasteiger partial charge in [-0.1, -0.05) is 0 Å². The van der Waals surface area contributed by atoms with Crippen LogP contribution in [0.3, 0.4) is 0 Å². The number of aromatic nitrogens is 3. The molecule has 0 fully saturated rings. The zero-order valence-electron chi connectivity index (χ0n) is 23.8. The van der Waals surface area contributed by atoms with Gasteiger partial charge in [0.25, 0.3) is 10.0 Å². The zero-order valence-corrected chi connectivity index (χ0v) is 27.5. The minimum atomic E-state index is -4.35. The molecule has 4 rings (SSSR count). The van der Waals surface area contributed by atoms with Crippen LogP contribution in [-0.4, -0.2) is 88.0 Å². The number of pyridine rings is 1. The third-order valence-electron chi connectivity index (χ3n) is 6.31. The quantitative estimate of drug-likeness (QED) is 0.265. The Bertz CT molecular complexity index is 1750. The van der Waals surface area contributed by atoms with E-state index in [9.17, 15) is 17.4 Å². The molecule has 2 heterocycles. The van der Waals surface area contributed by atoms with E-state index < -0.39 is 33.4 Å². The van der Waals surface area contributed by atoms with Crippen molar-refractivity contribution < 1.29 is 36.7 Å². The number of hydrogen-bond donors (Lipinski definition) is 1. The van der Waals surface area contributed by atoms with Crippen LogP contribution in [0.1, 0.15) is 27.9 Å². The maximum Gasteiger partial charge on any atom is 0.341 e. The van der Waals surface area contributed by atoms with E-state index in [0.29, 0.717) is 33.9 Å². The largest absolute Gasteiger partial charge is 0.497 e. The molecule has 4 aromatic rings. The molecule has 0 aliphatic heterocycles. The second-order valence-corrected chi connectivity index (χ2v) is 12.2. The molecule has 1 atom stereocenters. The van der Waals surface area contributed by atoms with Gasteiger partial charge in [-0.25, -0.2) is 22.2 Å². The molecule has 213 valence electrons. The average molecular weight is 611 g/mol. The second kappa shape index (κ2) is 12.9. The van der Waals surface area contributed by atoms with Gasteiger partial charge in [0.2, 0.25) is 5.16 Å². The van der Waals surface area contributed by atoms with Crippen LogP contribution in [0.15, 0.2) is 46.6 Å². The number of methoxy groups -OCH3 is 2. The van der Waals surface area contributed by atoms with E-state index in [0.717, 1.165) is 9.54 Å². The van der Waals surface area contributed by atoms with Crippen molar-refractivity contribution in [3.8, 4) is 17.2 Å². The summed E-state index contributed by atoms with van der Waals surface area (Å²) in [5.74, 6) is 0.0353. The number of hydrogen-bond acceptors (Lipinski definition) is 9. The molecule has 1 N–H and O–H groups in total. The molecule has 11 nitrogen and oxygen atoms in total. The number of fused-ring (bicyclic) bond motifs is 1. The van der Waals surface area contributed by atoms with Crippen LogP contribution in [0.2, 0.25) is 0 Å². The van der Waals surface area contributed by atoms with E-state index in [1.807, 2.05) is 6.92 Å². The summed E-state index contributed by atoms with van der Waals surface area (Å²) in [5, 5.41) is 8.76. The fraction of sp³-hybridized carbons (Fsp3) is 0.296. The van der Waals surface area contributed by atoms with Crippen molar-refractivity contribution in [1.29, 1.82) is 0 Å². The molecule has 14 heteroatoms. The summed E-state index contributed by atoms with van der Waals surface area (Å²) in [7, 11) is -3.26. The third-order valence-corrected chi connectivity index (χ3v) is 9.65. The maximum atomic E-state index is 14.3. The molecule has 2 aromatic heterocycles. The van der Waals surface area contributed by atoms with Crippen molar-refractivity contribution in [2.24, 2.45) is 0 Å². The molecule has 0 aliphatic rings. The first-order chi connectivity index (χ1) is 18.9.